The number of hydrogen-bond acceptors (Lipinski definition) is 4. The molecule has 0 aliphatic carbocycles. The molecule has 1 N–H and O–H groups in total. The van der Waals surface area contributed by atoms with E-state index in [0.29, 0.717) is 31.6 Å². The van der Waals surface area contributed by atoms with Crippen molar-refractivity contribution in [2.24, 2.45) is 0 Å². The summed E-state index contributed by atoms with van der Waals surface area (Å²) in [5.41, 5.74) is -1.81. The van der Waals surface area contributed by atoms with Gasteiger partial charge in [0.2, 0.25) is 0 Å². The zero-order valence-electron chi connectivity index (χ0n) is 10.9. The van der Waals surface area contributed by atoms with E-state index in [2.05, 4.69) is 4.84 Å². The maximum atomic E-state index is 12.9. The minimum absolute atomic E-state index is 0.128. The standard InChI is InChI=1S/C12H13ClF3N3O2/c13-17-8-3-5-18(6-4-8)9-1-2-11(19(20)21)10(7-9)12(14,15)16/h1-2,7-8,17H,3-6H2. The highest BCUT2D eigenvalue weighted by Gasteiger charge is 2.38. The summed E-state index contributed by atoms with van der Waals surface area (Å²) in [5.74, 6) is 0. The van der Waals surface area contributed by atoms with Crippen molar-refractivity contribution < 1.29 is 18.1 Å². The molecule has 1 saturated heterocycles. The predicted molar refractivity (Wildman–Crippen MR) is 72.3 cm³/mol. The Hall–Kier alpha value is -1.54. The van der Waals surface area contributed by atoms with Crippen LogP contribution in [-0.2, 0) is 6.18 Å². The molecule has 1 aliphatic heterocycles. The van der Waals surface area contributed by atoms with Gasteiger partial charge in [0.25, 0.3) is 5.69 Å². The number of rotatable bonds is 3. The van der Waals surface area contributed by atoms with Gasteiger partial charge in [0.1, 0.15) is 5.56 Å². The quantitative estimate of drug-likeness (QED) is 0.526. The van der Waals surface area contributed by atoms with Crippen molar-refractivity contribution in [1.29, 1.82) is 0 Å². The lowest BCUT2D eigenvalue weighted by molar-refractivity contribution is -0.388. The summed E-state index contributed by atoms with van der Waals surface area (Å²) >= 11 is 5.52. The first kappa shape index (κ1) is 15.8. The van der Waals surface area contributed by atoms with Crippen LogP contribution in [0.15, 0.2) is 18.2 Å². The molecule has 2 rings (SSSR count). The minimum Gasteiger partial charge on any atom is -0.371 e. The maximum Gasteiger partial charge on any atom is 0.423 e. The Morgan fingerprint density at radius 2 is 1.95 bits per heavy atom. The van der Waals surface area contributed by atoms with Crippen LogP contribution in [0.5, 0.6) is 0 Å². The summed E-state index contributed by atoms with van der Waals surface area (Å²) in [7, 11) is 0. The zero-order chi connectivity index (χ0) is 15.6. The fraction of sp³-hybridized carbons (Fsp3) is 0.500. The van der Waals surface area contributed by atoms with Crippen molar-refractivity contribution in [2.75, 3.05) is 18.0 Å². The number of anilines is 1. The van der Waals surface area contributed by atoms with Crippen LogP contribution in [-0.4, -0.2) is 24.1 Å². The molecule has 1 aromatic carbocycles. The molecule has 1 fully saturated rings. The van der Waals surface area contributed by atoms with E-state index in [1.54, 1.807) is 4.90 Å². The van der Waals surface area contributed by atoms with E-state index in [1.165, 1.54) is 6.07 Å². The number of nitrogens with one attached hydrogen (secondary N) is 1. The Labute approximate surface area is 123 Å². The third-order valence-electron chi connectivity index (χ3n) is 3.50. The van der Waals surface area contributed by atoms with Crippen LogP contribution in [0, 0.1) is 10.1 Å². The van der Waals surface area contributed by atoms with Crippen LogP contribution in [0.3, 0.4) is 0 Å². The molecule has 21 heavy (non-hydrogen) atoms. The van der Waals surface area contributed by atoms with Gasteiger partial charge in [-0.2, -0.15) is 13.2 Å². The molecule has 0 spiro atoms. The molecule has 0 aromatic heterocycles. The second-order valence-electron chi connectivity index (χ2n) is 4.83. The van der Waals surface area contributed by atoms with Crippen molar-refractivity contribution >= 4 is 23.2 Å². The van der Waals surface area contributed by atoms with Gasteiger partial charge in [0, 0.05) is 30.9 Å². The molecule has 0 saturated carbocycles. The Balaban J connectivity index is 2.28. The van der Waals surface area contributed by atoms with Gasteiger partial charge >= 0.3 is 6.18 Å². The molecule has 0 atom stereocenters. The lowest BCUT2D eigenvalue weighted by Gasteiger charge is -2.33. The number of benzene rings is 1. The second kappa shape index (κ2) is 6.07. The van der Waals surface area contributed by atoms with Crippen molar-refractivity contribution in [2.45, 2.75) is 25.1 Å². The van der Waals surface area contributed by atoms with Gasteiger partial charge < -0.3 is 4.90 Å². The Bertz CT molecular complexity index is 531. The largest absolute Gasteiger partial charge is 0.423 e. The molecule has 9 heteroatoms. The molecule has 0 bridgehead atoms. The highest BCUT2D eigenvalue weighted by atomic mass is 35.5. The molecule has 1 aromatic rings. The van der Waals surface area contributed by atoms with Crippen molar-refractivity contribution in [3.05, 3.63) is 33.9 Å². The first-order valence-corrected chi connectivity index (χ1v) is 6.67. The van der Waals surface area contributed by atoms with Gasteiger partial charge in [-0.05, 0) is 36.8 Å². The Morgan fingerprint density at radius 1 is 1.33 bits per heavy atom. The van der Waals surface area contributed by atoms with Gasteiger partial charge in [-0.3, -0.25) is 10.1 Å². The van der Waals surface area contributed by atoms with Gasteiger partial charge in [0.15, 0.2) is 0 Å². The smallest absolute Gasteiger partial charge is 0.371 e. The Kier molecular flexibility index (Phi) is 4.58. The molecule has 0 unspecified atom stereocenters. The molecule has 1 heterocycles. The van der Waals surface area contributed by atoms with E-state index in [9.17, 15) is 23.3 Å². The summed E-state index contributed by atoms with van der Waals surface area (Å²) in [5, 5.41) is 10.7. The SMILES string of the molecule is O=[N+]([O-])c1ccc(N2CCC(NCl)CC2)cc1C(F)(F)F. The van der Waals surface area contributed by atoms with Crippen molar-refractivity contribution in [3.8, 4) is 0 Å². The molecular formula is C12H13ClF3N3O2. The van der Waals surface area contributed by atoms with E-state index >= 15 is 0 Å². The van der Waals surface area contributed by atoms with Gasteiger partial charge in [-0.15, -0.1) is 0 Å². The van der Waals surface area contributed by atoms with E-state index in [-0.39, 0.29) is 6.04 Å². The summed E-state index contributed by atoms with van der Waals surface area (Å²) in [4.78, 5) is 14.1. The number of halogens is 4. The minimum atomic E-state index is -4.76. The summed E-state index contributed by atoms with van der Waals surface area (Å²) in [6, 6.07) is 3.22. The molecule has 1 aliphatic rings. The zero-order valence-corrected chi connectivity index (χ0v) is 11.6. The number of alkyl halides is 3. The molecule has 116 valence electrons. The number of nitro benzene ring substituents is 1. The fourth-order valence-electron chi connectivity index (χ4n) is 2.35. The van der Waals surface area contributed by atoms with Crippen LogP contribution in [0.1, 0.15) is 18.4 Å². The number of nitro groups is 1. The molecule has 0 radical (unpaired) electrons. The lowest BCUT2D eigenvalue weighted by Crippen LogP contribution is -2.39. The monoisotopic (exact) mass is 323 g/mol. The average molecular weight is 324 g/mol. The first-order valence-electron chi connectivity index (χ1n) is 6.29. The fourth-order valence-corrected chi connectivity index (χ4v) is 2.57. The topological polar surface area (TPSA) is 58.4 Å². The normalized spacial score (nSPS) is 17.0. The maximum absolute atomic E-state index is 12.9. The highest BCUT2D eigenvalue weighted by molar-refractivity contribution is 6.13. The highest BCUT2D eigenvalue weighted by Crippen LogP contribution is 2.38. The third kappa shape index (κ3) is 3.56. The van der Waals surface area contributed by atoms with E-state index < -0.39 is 22.4 Å². The van der Waals surface area contributed by atoms with E-state index in [4.69, 9.17) is 11.8 Å². The summed E-state index contributed by atoms with van der Waals surface area (Å²) < 4.78 is 38.8. The van der Waals surface area contributed by atoms with Crippen LogP contribution in [0.25, 0.3) is 0 Å². The third-order valence-corrected chi connectivity index (χ3v) is 3.81. The van der Waals surface area contributed by atoms with Gasteiger partial charge in [-0.1, -0.05) is 0 Å². The van der Waals surface area contributed by atoms with Crippen LogP contribution >= 0.6 is 11.8 Å². The van der Waals surface area contributed by atoms with Gasteiger partial charge in [-0.25, -0.2) is 4.84 Å². The second-order valence-corrected chi connectivity index (χ2v) is 5.04. The van der Waals surface area contributed by atoms with E-state index in [1.807, 2.05) is 0 Å². The van der Waals surface area contributed by atoms with E-state index in [0.717, 1.165) is 12.1 Å². The summed E-state index contributed by atoms with van der Waals surface area (Å²) in [6.07, 6.45) is -3.36. The predicted octanol–water partition coefficient (Wildman–Crippen LogP) is 3.33. The lowest BCUT2D eigenvalue weighted by atomic mass is 10.0. The number of hydrogen-bond donors (Lipinski definition) is 1. The van der Waals surface area contributed by atoms with Crippen molar-refractivity contribution in [3.63, 3.8) is 0 Å². The number of nitrogens with zero attached hydrogens (tertiary/aromatic N) is 2. The molecule has 5 nitrogen and oxygen atoms in total. The first-order chi connectivity index (χ1) is 9.82. The number of piperidine rings is 1. The summed E-state index contributed by atoms with van der Waals surface area (Å²) in [6.45, 7) is 1.08. The van der Waals surface area contributed by atoms with Crippen LogP contribution in [0.4, 0.5) is 24.5 Å². The Morgan fingerprint density at radius 3 is 2.43 bits per heavy atom. The van der Waals surface area contributed by atoms with Crippen molar-refractivity contribution in [1.82, 2.24) is 4.84 Å². The molecule has 0 amide bonds. The van der Waals surface area contributed by atoms with Crippen LogP contribution in [0.2, 0.25) is 0 Å². The van der Waals surface area contributed by atoms with Gasteiger partial charge in [0.05, 0.1) is 4.92 Å². The average Bonchev–Trinajstić information content (AvgIpc) is 2.45. The molecular weight excluding hydrogens is 311 g/mol. The van der Waals surface area contributed by atoms with Crippen LogP contribution < -0.4 is 9.74 Å².